The Bertz CT molecular complexity index is 355. The highest BCUT2D eigenvalue weighted by Gasteiger charge is 2.21. The molecule has 0 saturated carbocycles. The van der Waals surface area contributed by atoms with Gasteiger partial charge in [-0.3, -0.25) is 0 Å². The number of carbonyl (C=O) groups excluding carboxylic acids is 1. The topological polar surface area (TPSA) is 61.0 Å². The summed E-state index contributed by atoms with van der Waals surface area (Å²) in [6.07, 6.45) is 5.66. The first-order valence-electron chi connectivity index (χ1n) is 6.21. The maximum atomic E-state index is 12.0. The number of likely N-dealkylation sites (tertiary alicyclic amines) is 1. The molecule has 1 aliphatic heterocycles. The summed E-state index contributed by atoms with van der Waals surface area (Å²) >= 11 is 0. The number of hydrogen-bond acceptors (Lipinski definition) is 2. The van der Waals surface area contributed by atoms with Crippen molar-refractivity contribution < 1.29 is 4.79 Å². The third kappa shape index (κ3) is 2.99. The molecule has 1 fully saturated rings. The number of carbonyl (C=O) groups is 1. The van der Waals surface area contributed by atoms with Gasteiger partial charge < -0.3 is 15.2 Å². The van der Waals surface area contributed by atoms with Gasteiger partial charge in [-0.05, 0) is 25.7 Å². The van der Waals surface area contributed by atoms with Gasteiger partial charge in [0.25, 0.3) is 0 Å². The van der Waals surface area contributed by atoms with Gasteiger partial charge in [0, 0.05) is 25.5 Å². The van der Waals surface area contributed by atoms with Crippen LogP contribution in [0, 0.1) is 5.92 Å². The molecule has 2 rings (SSSR count). The van der Waals surface area contributed by atoms with Gasteiger partial charge in [0.15, 0.2) is 0 Å². The number of rotatable bonds is 2. The molecule has 0 bridgehead atoms. The van der Waals surface area contributed by atoms with E-state index in [0.29, 0.717) is 0 Å². The van der Waals surface area contributed by atoms with Gasteiger partial charge in [-0.1, -0.05) is 6.92 Å². The molecule has 2 N–H and O–H groups in total. The molecule has 0 radical (unpaired) electrons. The lowest BCUT2D eigenvalue weighted by Crippen LogP contribution is -2.45. The molecule has 1 unspecified atom stereocenters. The van der Waals surface area contributed by atoms with Crippen LogP contribution in [0.15, 0.2) is 12.4 Å². The van der Waals surface area contributed by atoms with Crippen LogP contribution in [0.5, 0.6) is 0 Å². The highest BCUT2D eigenvalue weighted by molar-refractivity contribution is 5.74. The molecule has 1 aliphatic rings. The number of nitrogens with zero attached hydrogens (tertiary/aromatic N) is 2. The average Bonchev–Trinajstić information content (AvgIpc) is 2.83. The van der Waals surface area contributed by atoms with E-state index in [0.717, 1.165) is 37.7 Å². The lowest BCUT2D eigenvalue weighted by Gasteiger charge is -2.31. The summed E-state index contributed by atoms with van der Waals surface area (Å²) < 4.78 is 0. The molecule has 5 nitrogen and oxygen atoms in total. The monoisotopic (exact) mass is 236 g/mol. The van der Waals surface area contributed by atoms with Crippen LogP contribution < -0.4 is 5.32 Å². The Kier molecular flexibility index (Phi) is 3.66. The number of urea groups is 1. The van der Waals surface area contributed by atoms with Gasteiger partial charge >= 0.3 is 6.03 Å². The van der Waals surface area contributed by atoms with Crippen molar-refractivity contribution in [2.24, 2.45) is 5.92 Å². The number of amides is 2. The fourth-order valence-corrected chi connectivity index (χ4v) is 2.07. The molecule has 1 aromatic heterocycles. The number of hydrogen-bond donors (Lipinski definition) is 2. The van der Waals surface area contributed by atoms with Crippen LogP contribution in [-0.4, -0.2) is 34.0 Å². The van der Waals surface area contributed by atoms with E-state index in [-0.39, 0.29) is 12.1 Å². The first kappa shape index (κ1) is 12.0. The standard InChI is InChI=1S/C12H20N4O/c1-9-3-7-16(8-4-9)12(17)15-10(2)11-13-5-6-14-11/h5-6,9-10H,3-4,7-8H2,1-2H3,(H,13,14)(H,15,17). The van der Waals surface area contributed by atoms with Crippen molar-refractivity contribution in [1.82, 2.24) is 20.2 Å². The van der Waals surface area contributed by atoms with Crippen LogP contribution in [-0.2, 0) is 0 Å². The van der Waals surface area contributed by atoms with E-state index < -0.39 is 0 Å². The minimum Gasteiger partial charge on any atom is -0.347 e. The minimum absolute atomic E-state index is 0.0146. The SMILES string of the molecule is CC1CCN(C(=O)NC(C)c2ncc[nH]2)CC1. The number of nitrogens with one attached hydrogen (secondary N) is 2. The van der Waals surface area contributed by atoms with Crippen LogP contribution in [0.25, 0.3) is 0 Å². The van der Waals surface area contributed by atoms with E-state index in [1.54, 1.807) is 12.4 Å². The molecule has 2 amide bonds. The lowest BCUT2D eigenvalue weighted by atomic mass is 10.00. The second-order valence-electron chi connectivity index (χ2n) is 4.82. The Hall–Kier alpha value is -1.52. The molecule has 0 aliphatic carbocycles. The van der Waals surface area contributed by atoms with Gasteiger partial charge in [0.1, 0.15) is 5.82 Å². The molecule has 94 valence electrons. The summed E-state index contributed by atoms with van der Waals surface area (Å²) in [5, 5.41) is 2.96. The molecule has 1 atom stereocenters. The molecule has 2 heterocycles. The van der Waals surface area contributed by atoms with Crippen molar-refractivity contribution >= 4 is 6.03 Å². The maximum Gasteiger partial charge on any atom is 0.317 e. The fraction of sp³-hybridized carbons (Fsp3) is 0.667. The van der Waals surface area contributed by atoms with Gasteiger partial charge in [-0.2, -0.15) is 0 Å². The summed E-state index contributed by atoms with van der Waals surface area (Å²) in [6, 6.07) is -0.0577. The molecule has 1 saturated heterocycles. The van der Waals surface area contributed by atoms with Crippen molar-refractivity contribution in [1.29, 1.82) is 0 Å². The quantitative estimate of drug-likeness (QED) is 0.824. The van der Waals surface area contributed by atoms with Crippen molar-refractivity contribution in [2.75, 3.05) is 13.1 Å². The van der Waals surface area contributed by atoms with Crippen LogP contribution in [0.2, 0.25) is 0 Å². The summed E-state index contributed by atoms with van der Waals surface area (Å²) in [7, 11) is 0. The maximum absolute atomic E-state index is 12.0. The summed E-state index contributed by atoms with van der Waals surface area (Å²) in [4.78, 5) is 21.0. The molecular weight excluding hydrogens is 216 g/mol. The van der Waals surface area contributed by atoms with E-state index in [1.807, 2.05) is 11.8 Å². The van der Waals surface area contributed by atoms with Crippen molar-refractivity contribution in [3.63, 3.8) is 0 Å². The zero-order valence-electron chi connectivity index (χ0n) is 10.4. The zero-order chi connectivity index (χ0) is 12.3. The minimum atomic E-state index is -0.0724. The third-order valence-corrected chi connectivity index (χ3v) is 3.34. The van der Waals surface area contributed by atoms with E-state index in [4.69, 9.17) is 0 Å². The van der Waals surface area contributed by atoms with E-state index in [9.17, 15) is 4.79 Å². The number of imidazole rings is 1. The summed E-state index contributed by atoms with van der Waals surface area (Å²) in [5.74, 6) is 1.53. The number of aromatic amines is 1. The summed E-state index contributed by atoms with van der Waals surface area (Å²) in [5.41, 5.74) is 0. The first-order chi connectivity index (χ1) is 8.16. The van der Waals surface area contributed by atoms with Crippen LogP contribution in [0.4, 0.5) is 4.79 Å². The van der Waals surface area contributed by atoms with E-state index in [2.05, 4.69) is 22.2 Å². The normalized spacial score (nSPS) is 19.1. The smallest absolute Gasteiger partial charge is 0.317 e. The number of piperidine rings is 1. The Morgan fingerprint density at radius 3 is 2.88 bits per heavy atom. The fourth-order valence-electron chi connectivity index (χ4n) is 2.07. The van der Waals surface area contributed by atoms with Crippen LogP contribution in [0.3, 0.4) is 0 Å². The Labute approximate surface area is 102 Å². The molecule has 1 aromatic rings. The van der Waals surface area contributed by atoms with Crippen molar-refractivity contribution in [3.8, 4) is 0 Å². The van der Waals surface area contributed by atoms with Gasteiger partial charge in [0.2, 0.25) is 0 Å². The molecule has 17 heavy (non-hydrogen) atoms. The average molecular weight is 236 g/mol. The number of aromatic nitrogens is 2. The predicted octanol–water partition coefficient (Wildman–Crippen LogP) is 1.91. The Morgan fingerprint density at radius 2 is 2.29 bits per heavy atom. The van der Waals surface area contributed by atoms with Gasteiger partial charge in [0.05, 0.1) is 6.04 Å². The first-order valence-corrected chi connectivity index (χ1v) is 6.21. The van der Waals surface area contributed by atoms with Crippen molar-refractivity contribution in [3.05, 3.63) is 18.2 Å². The number of H-pyrrole nitrogens is 1. The van der Waals surface area contributed by atoms with Gasteiger partial charge in [-0.15, -0.1) is 0 Å². The second kappa shape index (κ2) is 5.21. The van der Waals surface area contributed by atoms with Crippen LogP contribution in [0.1, 0.15) is 38.6 Å². The predicted molar refractivity (Wildman–Crippen MR) is 65.5 cm³/mol. The molecular formula is C12H20N4O. The summed E-state index contributed by atoms with van der Waals surface area (Å²) in [6.45, 7) is 5.89. The van der Waals surface area contributed by atoms with Crippen LogP contribution >= 0.6 is 0 Å². The molecule has 0 aromatic carbocycles. The molecule has 0 spiro atoms. The molecule has 5 heteroatoms. The zero-order valence-corrected chi connectivity index (χ0v) is 10.4. The van der Waals surface area contributed by atoms with E-state index >= 15 is 0 Å². The highest BCUT2D eigenvalue weighted by Crippen LogP contribution is 2.16. The Morgan fingerprint density at radius 1 is 1.59 bits per heavy atom. The highest BCUT2D eigenvalue weighted by atomic mass is 16.2. The van der Waals surface area contributed by atoms with Crippen molar-refractivity contribution in [2.45, 2.75) is 32.7 Å². The van der Waals surface area contributed by atoms with Gasteiger partial charge in [-0.25, -0.2) is 9.78 Å². The third-order valence-electron chi connectivity index (χ3n) is 3.34. The largest absolute Gasteiger partial charge is 0.347 e. The Balaban J connectivity index is 1.85. The second-order valence-corrected chi connectivity index (χ2v) is 4.82. The lowest BCUT2D eigenvalue weighted by molar-refractivity contribution is 0.171. The van der Waals surface area contributed by atoms with E-state index in [1.165, 1.54) is 0 Å².